The van der Waals surface area contributed by atoms with Crippen LogP contribution in [0.1, 0.15) is 0 Å². The standard InChI is InChI=1S/C6H6.Na.H2O5S2.H/c1-2-4-6-5-3-1;;1-6(2)7(3,4)5;/h1-6H;;(H,1,2)(H,3,4,5);. The fraction of sp³-hybridized carbons (Fsp3) is 0. The summed E-state index contributed by atoms with van der Waals surface area (Å²) in [7, 11) is -7.87. The zero-order valence-electron chi connectivity index (χ0n) is 6.40. The van der Waals surface area contributed by atoms with Gasteiger partial charge in [0, 0.05) is 0 Å². The van der Waals surface area contributed by atoms with Crippen LogP contribution in [0.5, 0.6) is 0 Å². The largest absolute Gasteiger partial charge is 0.0623 e. The Kier molecular flexibility index (Phi) is 10.2. The van der Waals surface area contributed by atoms with Crippen LogP contribution in [0.4, 0.5) is 0 Å². The van der Waals surface area contributed by atoms with Crippen LogP contribution in [-0.2, 0) is 19.3 Å². The first-order valence-electron chi connectivity index (χ1n) is 3.03. The van der Waals surface area contributed by atoms with Crippen LogP contribution in [0, 0.1) is 0 Å². The van der Waals surface area contributed by atoms with Gasteiger partial charge in [-0.1, -0.05) is 36.4 Å². The van der Waals surface area contributed by atoms with Crippen molar-refractivity contribution >= 4 is 48.8 Å². The number of hydrogen-bond donors (Lipinski definition) is 2. The van der Waals surface area contributed by atoms with Crippen molar-refractivity contribution in [3.05, 3.63) is 36.4 Å². The van der Waals surface area contributed by atoms with Crippen LogP contribution in [0.2, 0.25) is 0 Å². The van der Waals surface area contributed by atoms with Crippen molar-refractivity contribution in [1.29, 1.82) is 0 Å². The van der Waals surface area contributed by atoms with Gasteiger partial charge in [-0.05, 0) is 0 Å². The van der Waals surface area contributed by atoms with Crippen molar-refractivity contribution in [2.75, 3.05) is 0 Å². The first kappa shape index (κ1) is 16.7. The van der Waals surface area contributed by atoms with Gasteiger partial charge >= 0.3 is 48.8 Å². The molecular formula is C6H9NaO5S2. The summed E-state index contributed by atoms with van der Waals surface area (Å²) >= 11 is 0. The van der Waals surface area contributed by atoms with Gasteiger partial charge < -0.3 is 0 Å². The van der Waals surface area contributed by atoms with Crippen LogP contribution < -0.4 is 0 Å². The molecule has 0 aromatic heterocycles. The predicted octanol–water partition coefficient (Wildman–Crippen LogP) is 0.0490. The SMILES string of the molecule is O=S(O)S(=O)(=O)O.[NaH].c1ccccc1. The predicted molar refractivity (Wildman–Crippen MR) is 55.9 cm³/mol. The van der Waals surface area contributed by atoms with E-state index < -0.39 is 19.3 Å². The fourth-order valence-electron chi connectivity index (χ4n) is 0.385. The molecule has 1 atom stereocenters. The smallest absolute Gasteiger partial charge is 0.0623 e. The Balaban J connectivity index is 0. The second-order valence-corrected chi connectivity index (χ2v) is 5.21. The monoisotopic (exact) mass is 248 g/mol. The van der Waals surface area contributed by atoms with Crippen molar-refractivity contribution in [2.45, 2.75) is 0 Å². The number of rotatable bonds is 1. The van der Waals surface area contributed by atoms with Crippen LogP contribution in [0.15, 0.2) is 36.4 Å². The second-order valence-electron chi connectivity index (χ2n) is 1.80. The van der Waals surface area contributed by atoms with Gasteiger partial charge in [-0.3, -0.25) is 9.11 Å². The normalized spacial score (nSPS) is 11.6. The molecule has 0 aliphatic rings. The zero-order chi connectivity index (χ0) is 10.3. The molecule has 0 fully saturated rings. The minimum Gasteiger partial charge on any atom is -0.0623 e. The summed E-state index contributed by atoms with van der Waals surface area (Å²) in [4.78, 5) is 0. The molecule has 0 radical (unpaired) electrons. The molecule has 8 heteroatoms. The number of benzene rings is 1. The molecule has 0 saturated carbocycles. The molecule has 0 saturated heterocycles. The van der Waals surface area contributed by atoms with E-state index in [1.165, 1.54) is 0 Å². The molecule has 0 aliphatic heterocycles. The summed E-state index contributed by atoms with van der Waals surface area (Å²) in [6, 6.07) is 12.0. The van der Waals surface area contributed by atoms with Gasteiger partial charge in [0.15, 0.2) is 0 Å². The van der Waals surface area contributed by atoms with E-state index in [1.54, 1.807) is 0 Å². The minimum atomic E-state index is -4.71. The Hall–Kier alpha value is 0.240. The first-order chi connectivity index (χ1) is 5.94. The first-order valence-corrected chi connectivity index (χ1v) is 6.10. The molecule has 0 bridgehead atoms. The van der Waals surface area contributed by atoms with E-state index in [-0.39, 0.29) is 29.6 Å². The summed E-state index contributed by atoms with van der Waals surface area (Å²) in [5, 5.41) is 0. The summed E-state index contributed by atoms with van der Waals surface area (Å²) in [6.07, 6.45) is 0. The third-order valence-corrected chi connectivity index (χ3v) is 2.29. The average molecular weight is 248 g/mol. The molecule has 1 aromatic rings. The maximum Gasteiger partial charge on any atom is -0.0623 e. The quantitative estimate of drug-likeness (QED) is 0.317. The molecule has 76 valence electrons. The minimum absolute atomic E-state index is 0. The van der Waals surface area contributed by atoms with Crippen molar-refractivity contribution in [3.8, 4) is 0 Å². The van der Waals surface area contributed by atoms with Crippen LogP contribution in [-0.4, -0.2) is 51.3 Å². The Bertz CT molecular complexity index is 323. The van der Waals surface area contributed by atoms with Crippen LogP contribution in [0.3, 0.4) is 0 Å². The molecule has 0 amide bonds. The van der Waals surface area contributed by atoms with Crippen molar-refractivity contribution in [3.63, 3.8) is 0 Å². The van der Waals surface area contributed by atoms with E-state index >= 15 is 0 Å². The second kappa shape index (κ2) is 8.54. The van der Waals surface area contributed by atoms with E-state index in [0.29, 0.717) is 0 Å². The Morgan fingerprint density at radius 1 is 0.929 bits per heavy atom. The van der Waals surface area contributed by atoms with E-state index in [0.717, 1.165) is 0 Å². The van der Waals surface area contributed by atoms with Gasteiger partial charge in [-0.25, -0.2) is 4.21 Å². The molecule has 2 N–H and O–H groups in total. The summed E-state index contributed by atoms with van der Waals surface area (Å²) in [5.74, 6) is 0. The summed E-state index contributed by atoms with van der Waals surface area (Å²) < 4.78 is 43.0. The van der Waals surface area contributed by atoms with Gasteiger partial charge in [0.1, 0.15) is 0 Å². The third kappa shape index (κ3) is 10.3. The van der Waals surface area contributed by atoms with Gasteiger partial charge in [0.25, 0.3) is 0 Å². The fourth-order valence-corrected chi connectivity index (χ4v) is 0.385. The Labute approximate surface area is 106 Å². The molecule has 5 nitrogen and oxygen atoms in total. The van der Waals surface area contributed by atoms with Gasteiger partial charge in [-0.2, -0.15) is 8.42 Å². The molecule has 1 aromatic carbocycles. The Morgan fingerprint density at radius 3 is 1.14 bits per heavy atom. The third-order valence-electron chi connectivity index (χ3n) is 0.847. The molecule has 14 heavy (non-hydrogen) atoms. The molecule has 0 heterocycles. The van der Waals surface area contributed by atoms with Gasteiger partial charge in [0.05, 0.1) is 0 Å². The van der Waals surface area contributed by atoms with E-state index in [9.17, 15) is 12.6 Å². The summed E-state index contributed by atoms with van der Waals surface area (Å²) in [5.41, 5.74) is 0. The topological polar surface area (TPSA) is 91.7 Å². The average Bonchev–Trinajstić information content (AvgIpc) is 2.07. The maximum atomic E-state index is 9.34. The molecule has 0 spiro atoms. The maximum absolute atomic E-state index is 9.34. The van der Waals surface area contributed by atoms with Gasteiger partial charge in [0.2, 0.25) is 0 Å². The molecule has 1 unspecified atom stereocenters. The molecule has 1 rings (SSSR count). The number of hydrogen-bond acceptors (Lipinski definition) is 3. The zero-order valence-corrected chi connectivity index (χ0v) is 8.03. The summed E-state index contributed by atoms with van der Waals surface area (Å²) in [6.45, 7) is 0. The van der Waals surface area contributed by atoms with E-state index in [4.69, 9.17) is 9.11 Å². The van der Waals surface area contributed by atoms with Crippen molar-refractivity contribution in [2.24, 2.45) is 0 Å². The van der Waals surface area contributed by atoms with Crippen molar-refractivity contribution < 1.29 is 21.7 Å². The van der Waals surface area contributed by atoms with E-state index in [1.807, 2.05) is 36.4 Å². The van der Waals surface area contributed by atoms with Crippen molar-refractivity contribution in [1.82, 2.24) is 0 Å². The molecular weight excluding hydrogens is 239 g/mol. The van der Waals surface area contributed by atoms with Crippen LogP contribution in [0.25, 0.3) is 0 Å². The van der Waals surface area contributed by atoms with E-state index in [2.05, 4.69) is 0 Å². The Morgan fingerprint density at radius 2 is 1.07 bits per heavy atom. The van der Waals surface area contributed by atoms with Gasteiger partial charge in [-0.15, -0.1) is 0 Å². The van der Waals surface area contributed by atoms with Crippen LogP contribution >= 0.6 is 0 Å². The molecule has 0 aliphatic carbocycles.